The maximum Gasteiger partial charge on any atom is 0.256 e. The van der Waals surface area contributed by atoms with Gasteiger partial charge in [0, 0.05) is 37.9 Å². The van der Waals surface area contributed by atoms with E-state index in [-0.39, 0.29) is 11.9 Å². The van der Waals surface area contributed by atoms with Crippen LogP contribution in [0.2, 0.25) is 0 Å². The lowest BCUT2D eigenvalue weighted by Gasteiger charge is -2.42. The molecule has 3 rings (SSSR count). The molecule has 2 fully saturated rings. The number of benzene rings is 1. The summed E-state index contributed by atoms with van der Waals surface area (Å²) in [6.45, 7) is 7.29. The molecule has 2 unspecified atom stereocenters. The van der Waals surface area contributed by atoms with Crippen LogP contribution in [0.15, 0.2) is 18.2 Å². The van der Waals surface area contributed by atoms with E-state index >= 15 is 0 Å². The number of hydrogen-bond acceptors (Lipinski definition) is 3. The van der Waals surface area contributed by atoms with Crippen molar-refractivity contribution in [3.63, 3.8) is 0 Å². The van der Waals surface area contributed by atoms with Gasteiger partial charge in [0.15, 0.2) is 0 Å². The fourth-order valence-corrected chi connectivity index (χ4v) is 3.68. The lowest BCUT2D eigenvalue weighted by molar-refractivity contribution is 0.0396. The molecular weight excluding hydrogens is 262 g/mol. The van der Waals surface area contributed by atoms with E-state index in [1.165, 1.54) is 19.4 Å². The summed E-state index contributed by atoms with van der Waals surface area (Å²) >= 11 is 0. The van der Waals surface area contributed by atoms with E-state index in [1.807, 2.05) is 32.2 Å². The van der Waals surface area contributed by atoms with Gasteiger partial charge in [-0.15, -0.1) is 0 Å². The maximum atomic E-state index is 13.0. The topological polar surface area (TPSA) is 35.6 Å². The molecule has 1 N–H and O–H groups in total. The number of piperazine rings is 1. The van der Waals surface area contributed by atoms with Crippen molar-refractivity contribution in [2.24, 2.45) is 0 Å². The average Bonchev–Trinajstić information content (AvgIpc) is 2.92. The van der Waals surface area contributed by atoms with Crippen LogP contribution in [-0.4, -0.2) is 54.5 Å². The van der Waals surface area contributed by atoms with Gasteiger partial charge < -0.3 is 10.2 Å². The van der Waals surface area contributed by atoms with Crippen LogP contribution in [0.1, 0.15) is 35.7 Å². The highest BCUT2D eigenvalue weighted by molar-refractivity contribution is 6.00. The summed E-state index contributed by atoms with van der Waals surface area (Å²) in [6, 6.07) is 6.90. The standard InChI is InChI=1S/C17H25N3O/c1-12-6-7-16(18-3)15(9-12)17(21)20-11-14-5-4-8-19(14)10-13(20)2/h6-7,9,13-14,18H,4-5,8,10-11H2,1-3H3. The van der Waals surface area contributed by atoms with Gasteiger partial charge in [0.2, 0.25) is 0 Å². The second-order valence-electron chi connectivity index (χ2n) is 6.40. The van der Waals surface area contributed by atoms with Crippen LogP contribution in [-0.2, 0) is 0 Å². The molecule has 2 aliphatic heterocycles. The lowest BCUT2D eigenvalue weighted by atomic mass is 10.0. The minimum atomic E-state index is 0.169. The molecule has 0 spiro atoms. The number of aryl methyl sites for hydroxylation is 1. The Morgan fingerprint density at radius 3 is 2.90 bits per heavy atom. The van der Waals surface area contributed by atoms with E-state index < -0.39 is 0 Å². The first-order valence-electron chi connectivity index (χ1n) is 7.93. The molecule has 4 heteroatoms. The number of amides is 1. The van der Waals surface area contributed by atoms with Crippen LogP contribution < -0.4 is 5.32 Å². The first kappa shape index (κ1) is 14.4. The van der Waals surface area contributed by atoms with Crippen LogP contribution in [0.25, 0.3) is 0 Å². The molecule has 0 radical (unpaired) electrons. The van der Waals surface area contributed by atoms with Gasteiger partial charge in [0.1, 0.15) is 0 Å². The summed E-state index contributed by atoms with van der Waals surface area (Å²) in [7, 11) is 1.87. The van der Waals surface area contributed by atoms with Crippen molar-refractivity contribution in [3.05, 3.63) is 29.3 Å². The van der Waals surface area contributed by atoms with E-state index in [4.69, 9.17) is 0 Å². The Morgan fingerprint density at radius 2 is 2.14 bits per heavy atom. The number of fused-ring (bicyclic) bond motifs is 1. The third-order valence-electron chi connectivity index (χ3n) is 4.87. The zero-order valence-corrected chi connectivity index (χ0v) is 13.2. The first-order valence-corrected chi connectivity index (χ1v) is 7.93. The van der Waals surface area contributed by atoms with E-state index in [0.29, 0.717) is 6.04 Å². The van der Waals surface area contributed by atoms with Crippen LogP contribution in [0.4, 0.5) is 5.69 Å². The van der Waals surface area contributed by atoms with E-state index in [0.717, 1.165) is 29.9 Å². The van der Waals surface area contributed by atoms with Crippen molar-refractivity contribution in [2.45, 2.75) is 38.8 Å². The molecule has 0 aliphatic carbocycles. The van der Waals surface area contributed by atoms with Crippen molar-refractivity contribution in [1.82, 2.24) is 9.80 Å². The quantitative estimate of drug-likeness (QED) is 0.907. The highest BCUT2D eigenvalue weighted by atomic mass is 16.2. The molecule has 0 bridgehead atoms. The van der Waals surface area contributed by atoms with Gasteiger partial charge in [-0.3, -0.25) is 9.69 Å². The summed E-state index contributed by atoms with van der Waals surface area (Å²) in [6.07, 6.45) is 2.49. The van der Waals surface area contributed by atoms with Crippen molar-refractivity contribution < 1.29 is 4.79 Å². The molecule has 4 nitrogen and oxygen atoms in total. The normalized spacial score (nSPS) is 25.8. The first-order chi connectivity index (χ1) is 10.1. The molecule has 2 saturated heterocycles. The minimum Gasteiger partial charge on any atom is -0.387 e. The maximum absolute atomic E-state index is 13.0. The number of anilines is 1. The molecule has 0 aromatic heterocycles. The number of nitrogens with zero attached hydrogens (tertiary/aromatic N) is 2. The summed E-state index contributed by atoms with van der Waals surface area (Å²) in [4.78, 5) is 17.6. The number of nitrogens with one attached hydrogen (secondary N) is 1. The number of carbonyl (C=O) groups is 1. The smallest absolute Gasteiger partial charge is 0.256 e. The molecule has 21 heavy (non-hydrogen) atoms. The fraction of sp³-hybridized carbons (Fsp3) is 0.588. The zero-order chi connectivity index (χ0) is 15.0. The van der Waals surface area contributed by atoms with Crippen LogP contribution in [0.5, 0.6) is 0 Å². The van der Waals surface area contributed by atoms with Crippen LogP contribution >= 0.6 is 0 Å². The summed E-state index contributed by atoms with van der Waals surface area (Å²) in [5.41, 5.74) is 2.85. The van der Waals surface area contributed by atoms with Crippen LogP contribution in [0.3, 0.4) is 0 Å². The Bertz CT molecular complexity index is 543. The molecule has 2 aliphatic rings. The highest BCUT2D eigenvalue weighted by Crippen LogP contribution is 2.27. The highest BCUT2D eigenvalue weighted by Gasteiger charge is 2.37. The van der Waals surface area contributed by atoms with E-state index in [1.54, 1.807) is 0 Å². The molecule has 0 saturated carbocycles. The van der Waals surface area contributed by atoms with Gasteiger partial charge >= 0.3 is 0 Å². The largest absolute Gasteiger partial charge is 0.387 e. The third kappa shape index (κ3) is 2.64. The van der Waals surface area contributed by atoms with E-state index in [2.05, 4.69) is 22.0 Å². The van der Waals surface area contributed by atoms with Crippen molar-refractivity contribution >= 4 is 11.6 Å². The van der Waals surface area contributed by atoms with Crippen molar-refractivity contribution in [2.75, 3.05) is 32.0 Å². The predicted molar refractivity (Wildman–Crippen MR) is 85.8 cm³/mol. The molecule has 2 atom stereocenters. The SMILES string of the molecule is CNc1ccc(C)cc1C(=O)N1CC2CCCN2CC1C. The Balaban J connectivity index is 1.86. The van der Waals surface area contributed by atoms with Gasteiger partial charge in [-0.2, -0.15) is 0 Å². The Hall–Kier alpha value is -1.55. The average molecular weight is 287 g/mol. The molecule has 1 amide bonds. The molecule has 1 aromatic carbocycles. The van der Waals surface area contributed by atoms with Gasteiger partial charge in [-0.25, -0.2) is 0 Å². The predicted octanol–water partition coefficient (Wildman–Crippen LogP) is 2.35. The number of hydrogen-bond donors (Lipinski definition) is 1. The molecule has 114 valence electrons. The van der Waals surface area contributed by atoms with E-state index in [9.17, 15) is 4.79 Å². The molecular formula is C17H25N3O. The second kappa shape index (κ2) is 5.68. The van der Waals surface area contributed by atoms with Crippen molar-refractivity contribution in [1.29, 1.82) is 0 Å². The van der Waals surface area contributed by atoms with Crippen LogP contribution in [0, 0.1) is 6.92 Å². The zero-order valence-electron chi connectivity index (χ0n) is 13.2. The monoisotopic (exact) mass is 287 g/mol. The minimum absolute atomic E-state index is 0.169. The fourth-order valence-electron chi connectivity index (χ4n) is 3.68. The Kier molecular flexibility index (Phi) is 3.89. The molecule has 2 heterocycles. The Morgan fingerprint density at radius 1 is 1.33 bits per heavy atom. The Labute approximate surface area is 127 Å². The molecule has 1 aromatic rings. The third-order valence-corrected chi connectivity index (χ3v) is 4.87. The van der Waals surface area contributed by atoms with Gasteiger partial charge in [0.05, 0.1) is 5.56 Å². The number of carbonyl (C=O) groups excluding carboxylic acids is 1. The lowest BCUT2D eigenvalue weighted by Crippen LogP contribution is -2.56. The second-order valence-corrected chi connectivity index (χ2v) is 6.40. The summed E-state index contributed by atoms with van der Waals surface area (Å²) in [5.74, 6) is 0.169. The number of rotatable bonds is 2. The van der Waals surface area contributed by atoms with Gasteiger partial charge in [-0.1, -0.05) is 11.6 Å². The van der Waals surface area contributed by atoms with Gasteiger partial charge in [-0.05, 0) is 45.4 Å². The summed E-state index contributed by atoms with van der Waals surface area (Å²) in [5, 5.41) is 3.15. The summed E-state index contributed by atoms with van der Waals surface area (Å²) < 4.78 is 0. The van der Waals surface area contributed by atoms with Crippen molar-refractivity contribution in [3.8, 4) is 0 Å². The van der Waals surface area contributed by atoms with Gasteiger partial charge in [0.25, 0.3) is 5.91 Å².